The van der Waals surface area contributed by atoms with E-state index < -0.39 is 5.97 Å². The molecule has 1 rings (SSSR count). The summed E-state index contributed by atoms with van der Waals surface area (Å²) < 4.78 is 4.41. The van der Waals surface area contributed by atoms with Gasteiger partial charge in [0.25, 0.3) is 0 Å². The standard InChI is InChI=1S/C4H4O3.2Y/c1-2-3(7-2)4(5)6;;/h1H3,(H,5,6);;/q-2;;. The Morgan fingerprint density at radius 1 is 1.56 bits per heavy atom. The van der Waals surface area contributed by atoms with Crippen molar-refractivity contribution >= 4 is 5.97 Å². The first-order valence-corrected chi connectivity index (χ1v) is 1.84. The molecule has 46 valence electrons. The van der Waals surface area contributed by atoms with Gasteiger partial charge >= 0.3 is 0 Å². The first-order valence-electron chi connectivity index (χ1n) is 1.84. The Labute approximate surface area is 103 Å². The fourth-order valence-corrected chi connectivity index (χ4v) is 0.322. The predicted octanol–water partition coefficient (Wildman–Crippen LogP) is 0.719. The van der Waals surface area contributed by atoms with Crippen molar-refractivity contribution in [3.63, 3.8) is 0 Å². The minimum absolute atomic E-state index is 0. The molecule has 0 aliphatic heterocycles. The van der Waals surface area contributed by atoms with E-state index in [-0.39, 0.29) is 71.2 Å². The van der Waals surface area contributed by atoms with Crippen LogP contribution < -0.4 is 0 Å². The Kier molecular flexibility index (Phi) is 7.07. The average molecular weight is 278 g/mol. The van der Waals surface area contributed by atoms with Gasteiger partial charge in [-0.2, -0.15) is 0 Å². The SMILES string of the molecule is C[c-]1o[c-]1C(=O)O.[Y].[Y]. The molecule has 0 amide bonds. The summed E-state index contributed by atoms with van der Waals surface area (Å²) in [6.45, 7) is 1.61. The van der Waals surface area contributed by atoms with Crippen LogP contribution in [0.25, 0.3) is 0 Å². The number of carboxylic acids is 1. The van der Waals surface area contributed by atoms with Gasteiger partial charge in [-0.3, -0.25) is 0 Å². The topological polar surface area (TPSA) is 50.4 Å². The summed E-state index contributed by atoms with van der Waals surface area (Å²) in [6, 6.07) is 0. The van der Waals surface area contributed by atoms with Crippen molar-refractivity contribution in [1.82, 2.24) is 0 Å². The third kappa shape index (κ3) is 3.82. The second kappa shape index (κ2) is 4.95. The molecule has 0 spiro atoms. The van der Waals surface area contributed by atoms with Crippen molar-refractivity contribution in [2.75, 3.05) is 0 Å². The molecule has 1 heterocycles. The summed E-state index contributed by atoms with van der Waals surface area (Å²) in [4.78, 5) is 9.79. The third-order valence-corrected chi connectivity index (χ3v) is 0.727. The van der Waals surface area contributed by atoms with Crippen molar-refractivity contribution < 1.29 is 79.7 Å². The van der Waals surface area contributed by atoms with Gasteiger partial charge in [0.1, 0.15) is 0 Å². The summed E-state index contributed by atoms with van der Waals surface area (Å²) >= 11 is 0. The van der Waals surface area contributed by atoms with E-state index in [9.17, 15) is 4.79 Å². The number of rotatable bonds is 1. The van der Waals surface area contributed by atoms with Gasteiger partial charge in [-0.15, -0.1) is 6.92 Å². The van der Waals surface area contributed by atoms with Crippen LogP contribution in [-0.2, 0) is 65.4 Å². The molecule has 1 aromatic rings. The number of hydrogen-bond donors (Lipinski definition) is 1. The van der Waals surface area contributed by atoms with Crippen molar-refractivity contribution in [1.29, 1.82) is 0 Å². The van der Waals surface area contributed by atoms with Crippen molar-refractivity contribution in [2.45, 2.75) is 6.92 Å². The molecule has 1 N–H and O–H groups in total. The Bertz CT molecular complexity index is 171. The van der Waals surface area contributed by atoms with Crippen LogP contribution in [-0.4, -0.2) is 11.1 Å². The molecule has 9 heavy (non-hydrogen) atoms. The van der Waals surface area contributed by atoms with Crippen molar-refractivity contribution in [3.8, 4) is 0 Å². The minimum Gasteiger partial charge on any atom is -0.741 e. The van der Waals surface area contributed by atoms with Crippen LogP contribution in [0.1, 0.15) is 16.3 Å². The Morgan fingerprint density at radius 2 is 1.89 bits per heavy atom. The fourth-order valence-electron chi connectivity index (χ4n) is 0.322. The molecule has 0 saturated heterocycles. The zero-order valence-electron chi connectivity index (χ0n) is 4.92. The van der Waals surface area contributed by atoms with Crippen LogP contribution in [0.4, 0.5) is 0 Å². The van der Waals surface area contributed by atoms with E-state index in [1.165, 1.54) is 0 Å². The van der Waals surface area contributed by atoms with E-state index in [1.54, 1.807) is 6.92 Å². The molecule has 3 nitrogen and oxygen atoms in total. The Morgan fingerprint density at radius 3 is 1.89 bits per heavy atom. The molecule has 0 bridgehead atoms. The van der Waals surface area contributed by atoms with Crippen molar-refractivity contribution in [2.24, 2.45) is 0 Å². The third-order valence-electron chi connectivity index (χ3n) is 0.727. The molecule has 0 aromatic carbocycles. The van der Waals surface area contributed by atoms with E-state index in [1.807, 2.05) is 0 Å². The van der Waals surface area contributed by atoms with Gasteiger partial charge in [0.05, 0.1) is 0 Å². The summed E-state index contributed by atoms with van der Waals surface area (Å²) in [5, 5.41) is 8.04. The van der Waals surface area contributed by atoms with Gasteiger partial charge in [-0.25, -0.2) is 11.5 Å². The fraction of sp³-hybridized carbons (Fsp3) is 0.250. The van der Waals surface area contributed by atoms with E-state index in [2.05, 4.69) is 4.42 Å². The maximum absolute atomic E-state index is 9.79. The van der Waals surface area contributed by atoms with Crippen LogP contribution in [0, 0.1) is 6.92 Å². The number of carbonyl (C=O) groups is 1. The van der Waals surface area contributed by atoms with Gasteiger partial charge in [0, 0.05) is 71.4 Å². The van der Waals surface area contributed by atoms with Crippen LogP contribution >= 0.6 is 0 Å². The molecule has 5 heteroatoms. The zero-order valence-corrected chi connectivity index (χ0v) is 10.6. The summed E-state index contributed by atoms with van der Waals surface area (Å²) in [6.07, 6.45) is 0. The maximum atomic E-state index is 9.79. The molecule has 2 radical (unpaired) electrons. The Hall–Kier alpha value is 1.22. The maximum Gasteiger partial charge on any atom is 0.0358 e. The number of carboxylic acid groups (broad SMARTS) is 1. The monoisotopic (exact) mass is 278 g/mol. The molecular formula is C4H4O3Y2-2. The molecule has 0 aliphatic carbocycles. The number of aryl methyl sites for hydroxylation is 1. The average Bonchev–Trinajstić information content (AvgIpc) is 2.17. The number of hydrogen-bond acceptors (Lipinski definition) is 2. The van der Waals surface area contributed by atoms with Gasteiger partial charge in [-0.05, 0) is 0 Å². The summed E-state index contributed by atoms with van der Waals surface area (Å²) in [7, 11) is 0. The van der Waals surface area contributed by atoms with Crippen LogP contribution in [0.5, 0.6) is 0 Å². The zero-order chi connectivity index (χ0) is 5.44. The Balaban J connectivity index is 0. The van der Waals surface area contributed by atoms with Gasteiger partial charge in [0.2, 0.25) is 0 Å². The summed E-state index contributed by atoms with van der Waals surface area (Å²) in [5.74, 6) is -0.356. The predicted molar refractivity (Wildman–Crippen MR) is 21.6 cm³/mol. The normalized spacial score (nSPS) is 7.67. The molecular weight excluding hydrogens is 274 g/mol. The molecule has 0 atom stereocenters. The molecule has 0 aliphatic rings. The first-order chi connectivity index (χ1) is 3.22. The van der Waals surface area contributed by atoms with E-state index >= 15 is 0 Å². The first kappa shape index (κ1) is 12.9. The smallest absolute Gasteiger partial charge is 0.0358 e. The van der Waals surface area contributed by atoms with Crippen LogP contribution in [0.2, 0.25) is 0 Å². The summed E-state index contributed by atoms with van der Waals surface area (Å²) in [5.41, 5.74) is 0. The van der Waals surface area contributed by atoms with E-state index in [0.717, 1.165) is 0 Å². The van der Waals surface area contributed by atoms with Crippen LogP contribution in [0.15, 0.2) is 4.42 Å². The van der Waals surface area contributed by atoms with E-state index in [4.69, 9.17) is 5.11 Å². The van der Waals surface area contributed by atoms with Gasteiger partial charge in [-0.1, -0.05) is 0 Å². The second-order valence-corrected chi connectivity index (χ2v) is 1.29. The molecule has 0 saturated carbocycles. The quantitative estimate of drug-likeness (QED) is 0.770. The molecule has 0 fully saturated rings. The largest absolute Gasteiger partial charge is 0.741 e. The molecule has 1 aromatic heterocycles. The number of aromatic carboxylic acids is 1. The molecule has 0 unspecified atom stereocenters. The minimum atomic E-state index is -0.975. The van der Waals surface area contributed by atoms with Crippen LogP contribution in [0.3, 0.4) is 0 Å². The van der Waals surface area contributed by atoms with Gasteiger partial charge < -0.3 is 14.3 Å². The van der Waals surface area contributed by atoms with Crippen molar-refractivity contribution in [3.05, 3.63) is 11.5 Å². The second-order valence-electron chi connectivity index (χ2n) is 1.29. The van der Waals surface area contributed by atoms with Gasteiger partial charge in [0.15, 0.2) is 0 Å². The van der Waals surface area contributed by atoms with E-state index in [0.29, 0.717) is 5.76 Å².